The number of nitro benzene ring substituents is 1. The quantitative estimate of drug-likeness (QED) is 0.272. The number of esters is 1. The monoisotopic (exact) mass is 401 g/mol. The van der Waals surface area contributed by atoms with Crippen molar-refractivity contribution in [2.75, 3.05) is 20.3 Å². The molecule has 0 amide bonds. The van der Waals surface area contributed by atoms with Crippen LogP contribution in [0.2, 0.25) is 0 Å². The lowest BCUT2D eigenvalue weighted by Gasteiger charge is -2.11. The van der Waals surface area contributed by atoms with Crippen LogP contribution in [0.25, 0.3) is 0 Å². The highest BCUT2D eigenvalue weighted by molar-refractivity contribution is 5.98. The van der Waals surface area contributed by atoms with Gasteiger partial charge in [0.25, 0.3) is 5.69 Å². The number of rotatable bonds is 9. The van der Waals surface area contributed by atoms with Crippen molar-refractivity contribution in [2.45, 2.75) is 13.8 Å². The minimum absolute atomic E-state index is 0.0671. The molecule has 0 aromatic heterocycles. The van der Waals surface area contributed by atoms with Crippen LogP contribution in [0.15, 0.2) is 36.4 Å². The maximum Gasteiger partial charge on any atom is 0.344 e. The molecule has 0 radical (unpaired) electrons. The van der Waals surface area contributed by atoms with E-state index >= 15 is 0 Å². The van der Waals surface area contributed by atoms with Gasteiger partial charge in [-0.3, -0.25) is 19.7 Å². The lowest BCUT2D eigenvalue weighted by Crippen LogP contribution is -2.19. The van der Waals surface area contributed by atoms with E-state index in [9.17, 15) is 24.5 Å². The zero-order valence-corrected chi connectivity index (χ0v) is 16.1. The maximum atomic E-state index is 12.1. The van der Waals surface area contributed by atoms with E-state index in [0.717, 1.165) is 6.07 Å². The summed E-state index contributed by atoms with van der Waals surface area (Å²) < 4.78 is 15.3. The zero-order chi connectivity index (χ0) is 21.6. The number of nitro groups is 1. The number of ether oxygens (including phenoxy) is 3. The Labute approximate surface area is 166 Å². The topological polar surface area (TPSA) is 122 Å². The predicted octanol–water partition coefficient (Wildman–Crippen LogP) is 2.92. The molecule has 0 fully saturated rings. The molecule has 2 aromatic rings. The van der Waals surface area contributed by atoms with Gasteiger partial charge in [-0.15, -0.1) is 0 Å². The first-order valence-electron chi connectivity index (χ1n) is 8.48. The summed E-state index contributed by atoms with van der Waals surface area (Å²) in [6.07, 6.45) is 0. The smallest absolute Gasteiger partial charge is 0.344 e. The van der Waals surface area contributed by atoms with E-state index in [-0.39, 0.29) is 28.5 Å². The molecule has 0 saturated heterocycles. The highest BCUT2D eigenvalue weighted by atomic mass is 16.6. The Morgan fingerprint density at radius 3 is 2.31 bits per heavy atom. The van der Waals surface area contributed by atoms with E-state index in [4.69, 9.17) is 14.2 Å². The number of benzene rings is 2. The van der Waals surface area contributed by atoms with Gasteiger partial charge in [0.2, 0.25) is 5.78 Å². The Bertz CT molecular complexity index is 967. The van der Waals surface area contributed by atoms with Crippen LogP contribution in [0.3, 0.4) is 0 Å². The van der Waals surface area contributed by atoms with Gasteiger partial charge in [-0.25, -0.2) is 4.79 Å². The molecule has 0 unspecified atom stereocenters. The third kappa shape index (κ3) is 5.61. The van der Waals surface area contributed by atoms with E-state index in [0.29, 0.717) is 11.1 Å². The first-order chi connectivity index (χ1) is 13.7. The average Bonchev–Trinajstić information content (AvgIpc) is 2.70. The molecule has 9 heteroatoms. The molecule has 0 heterocycles. The second kappa shape index (κ2) is 9.45. The Hall–Kier alpha value is -3.75. The van der Waals surface area contributed by atoms with Crippen LogP contribution in [0.4, 0.5) is 5.69 Å². The highest BCUT2D eigenvalue weighted by Gasteiger charge is 2.17. The van der Waals surface area contributed by atoms with Gasteiger partial charge in [0.1, 0.15) is 0 Å². The van der Waals surface area contributed by atoms with Crippen molar-refractivity contribution in [1.29, 1.82) is 0 Å². The number of aryl methyl sites for hydroxylation is 1. The molecule has 0 aliphatic carbocycles. The first-order valence-corrected chi connectivity index (χ1v) is 8.48. The molecule has 2 aromatic carbocycles. The lowest BCUT2D eigenvalue weighted by molar-refractivity contribution is -0.385. The summed E-state index contributed by atoms with van der Waals surface area (Å²) in [4.78, 5) is 45.7. The van der Waals surface area contributed by atoms with Crippen molar-refractivity contribution < 1.29 is 33.5 Å². The minimum atomic E-state index is -0.808. The number of carbonyl (C=O) groups is 3. The van der Waals surface area contributed by atoms with E-state index in [1.54, 1.807) is 6.92 Å². The van der Waals surface area contributed by atoms with Crippen molar-refractivity contribution in [3.8, 4) is 11.5 Å². The molecule has 0 atom stereocenters. The van der Waals surface area contributed by atoms with Gasteiger partial charge in [0, 0.05) is 22.8 Å². The average molecular weight is 401 g/mol. The van der Waals surface area contributed by atoms with E-state index in [1.807, 2.05) is 0 Å². The number of nitrogens with zero attached hydrogens (tertiary/aromatic N) is 1. The summed E-state index contributed by atoms with van der Waals surface area (Å²) in [6.45, 7) is 1.90. The van der Waals surface area contributed by atoms with E-state index in [1.165, 1.54) is 44.4 Å². The Morgan fingerprint density at radius 2 is 1.69 bits per heavy atom. The summed E-state index contributed by atoms with van der Waals surface area (Å²) in [5.74, 6) is -1.03. The second-order valence-electron chi connectivity index (χ2n) is 6.05. The second-order valence-corrected chi connectivity index (χ2v) is 6.05. The predicted molar refractivity (Wildman–Crippen MR) is 102 cm³/mol. The highest BCUT2D eigenvalue weighted by Crippen LogP contribution is 2.28. The molecule has 0 saturated carbocycles. The van der Waals surface area contributed by atoms with Crippen molar-refractivity contribution in [3.63, 3.8) is 0 Å². The lowest BCUT2D eigenvalue weighted by atomic mass is 10.1. The van der Waals surface area contributed by atoms with Gasteiger partial charge in [0.05, 0.1) is 12.0 Å². The van der Waals surface area contributed by atoms with Crippen molar-refractivity contribution in [2.24, 2.45) is 0 Å². The van der Waals surface area contributed by atoms with Crippen LogP contribution in [0, 0.1) is 17.0 Å². The number of hydrogen-bond acceptors (Lipinski definition) is 8. The van der Waals surface area contributed by atoms with Gasteiger partial charge >= 0.3 is 5.97 Å². The molecule has 9 nitrogen and oxygen atoms in total. The number of carbonyl (C=O) groups excluding carboxylic acids is 3. The summed E-state index contributed by atoms with van der Waals surface area (Å²) in [7, 11) is 1.39. The zero-order valence-electron chi connectivity index (χ0n) is 16.1. The van der Waals surface area contributed by atoms with Crippen LogP contribution < -0.4 is 9.47 Å². The van der Waals surface area contributed by atoms with Gasteiger partial charge in [-0.2, -0.15) is 0 Å². The summed E-state index contributed by atoms with van der Waals surface area (Å²) in [5, 5.41) is 11.0. The Balaban J connectivity index is 1.94. The van der Waals surface area contributed by atoms with E-state index < -0.39 is 29.9 Å². The van der Waals surface area contributed by atoms with Gasteiger partial charge in [-0.05, 0) is 32.0 Å². The minimum Gasteiger partial charge on any atom is -0.493 e. The summed E-state index contributed by atoms with van der Waals surface area (Å²) in [6, 6.07) is 8.52. The normalized spacial score (nSPS) is 10.2. The fourth-order valence-electron chi connectivity index (χ4n) is 2.39. The van der Waals surface area contributed by atoms with Crippen molar-refractivity contribution >= 4 is 23.2 Å². The molecular formula is C20H19NO8. The first kappa shape index (κ1) is 21.5. The fraction of sp³-hybridized carbons (Fsp3) is 0.250. The van der Waals surface area contributed by atoms with Crippen LogP contribution in [-0.2, 0) is 9.53 Å². The number of hydrogen-bond donors (Lipinski definition) is 0. The fourth-order valence-corrected chi connectivity index (χ4v) is 2.39. The van der Waals surface area contributed by atoms with Crippen molar-refractivity contribution in [1.82, 2.24) is 0 Å². The molecule has 0 aliphatic heterocycles. The SMILES string of the molecule is COc1cc(C(C)=O)ccc1OCC(=O)OCC(=O)c1ccc(C)c([N+](=O)[O-])c1. The molecule has 29 heavy (non-hydrogen) atoms. The molecule has 2 rings (SSSR count). The number of Topliss-reactive ketones (excluding diaryl/α,β-unsaturated/α-hetero) is 2. The summed E-state index contributed by atoms with van der Waals surface area (Å²) >= 11 is 0. The molecule has 0 bridgehead atoms. The molecule has 0 aliphatic rings. The summed E-state index contributed by atoms with van der Waals surface area (Å²) in [5.41, 5.74) is 0.723. The van der Waals surface area contributed by atoms with E-state index in [2.05, 4.69) is 0 Å². The van der Waals surface area contributed by atoms with Gasteiger partial charge in [0.15, 0.2) is 30.5 Å². The molecular weight excluding hydrogens is 382 g/mol. The molecule has 152 valence electrons. The van der Waals surface area contributed by atoms with Crippen LogP contribution in [0.1, 0.15) is 33.2 Å². The molecule has 0 N–H and O–H groups in total. The number of ketones is 2. The van der Waals surface area contributed by atoms with Crippen molar-refractivity contribution in [3.05, 3.63) is 63.2 Å². The Morgan fingerprint density at radius 1 is 1.00 bits per heavy atom. The third-order valence-corrected chi connectivity index (χ3v) is 4.01. The van der Waals surface area contributed by atoms with Gasteiger partial charge in [-0.1, -0.05) is 12.1 Å². The maximum absolute atomic E-state index is 12.1. The Kier molecular flexibility index (Phi) is 7.02. The van der Waals surface area contributed by atoms with Crippen LogP contribution in [0.5, 0.6) is 11.5 Å². The molecule has 0 spiro atoms. The third-order valence-electron chi connectivity index (χ3n) is 4.01. The number of methoxy groups -OCH3 is 1. The largest absolute Gasteiger partial charge is 0.493 e. The van der Waals surface area contributed by atoms with Crippen LogP contribution in [-0.4, -0.2) is 42.8 Å². The van der Waals surface area contributed by atoms with Crippen LogP contribution >= 0.6 is 0 Å². The standard InChI is InChI=1S/C20H19NO8/c1-12-4-5-15(8-16(12)21(25)26)17(23)10-29-20(24)11-28-18-7-6-14(13(2)22)9-19(18)27-3/h4-9H,10-11H2,1-3H3. The van der Waals surface area contributed by atoms with Gasteiger partial charge < -0.3 is 14.2 Å².